The fourth-order valence-electron chi connectivity index (χ4n) is 2.26. The standard InChI is InChI=1S/C14H22FN3O/c1-4-18(12(2)10-16-3)14(19)6-5-8-17-9-7-13(15)11-17/h5-6,12-13H,4,7-11H2,1-2H3/b6-5+/t12-,13?/m1/s1. The van der Waals surface area contributed by atoms with Crippen LogP contribution >= 0.6 is 0 Å². The summed E-state index contributed by atoms with van der Waals surface area (Å²) < 4.78 is 13.0. The normalized spacial score (nSPS) is 21.5. The Bertz CT molecular complexity index is 364. The first-order valence-corrected chi connectivity index (χ1v) is 6.75. The van der Waals surface area contributed by atoms with E-state index in [1.54, 1.807) is 11.0 Å². The van der Waals surface area contributed by atoms with Crippen LogP contribution in [0, 0.1) is 6.57 Å². The third kappa shape index (κ3) is 4.99. The van der Waals surface area contributed by atoms with Crippen molar-refractivity contribution in [2.75, 3.05) is 32.7 Å². The number of hydrogen-bond acceptors (Lipinski definition) is 2. The highest BCUT2D eigenvalue weighted by Crippen LogP contribution is 2.11. The molecule has 0 aromatic rings. The van der Waals surface area contributed by atoms with E-state index in [4.69, 9.17) is 6.57 Å². The van der Waals surface area contributed by atoms with Gasteiger partial charge in [-0.15, -0.1) is 0 Å². The maximum atomic E-state index is 13.0. The van der Waals surface area contributed by atoms with Gasteiger partial charge in [-0.1, -0.05) is 6.08 Å². The molecule has 1 amide bonds. The summed E-state index contributed by atoms with van der Waals surface area (Å²) in [5, 5.41) is 0. The average molecular weight is 267 g/mol. The number of likely N-dealkylation sites (N-methyl/N-ethyl adjacent to an activating group) is 1. The highest BCUT2D eigenvalue weighted by molar-refractivity contribution is 5.87. The summed E-state index contributed by atoms with van der Waals surface area (Å²) >= 11 is 0. The zero-order valence-electron chi connectivity index (χ0n) is 11.7. The molecule has 1 rings (SSSR count). The van der Waals surface area contributed by atoms with E-state index in [1.165, 1.54) is 6.08 Å². The van der Waals surface area contributed by atoms with Crippen LogP contribution in [0.1, 0.15) is 20.3 Å². The molecule has 1 aliphatic heterocycles. The number of hydrogen-bond donors (Lipinski definition) is 0. The second-order valence-electron chi connectivity index (χ2n) is 4.86. The molecule has 1 aliphatic rings. The molecule has 0 aliphatic carbocycles. The quantitative estimate of drug-likeness (QED) is 0.541. The van der Waals surface area contributed by atoms with Gasteiger partial charge < -0.3 is 9.74 Å². The molecular formula is C14H22FN3O. The minimum absolute atomic E-state index is 0.0679. The fourth-order valence-corrected chi connectivity index (χ4v) is 2.26. The van der Waals surface area contributed by atoms with E-state index in [0.717, 1.165) is 6.54 Å². The van der Waals surface area contributed by atoms with E-state index in [-0.39, 0.29) is 11.9 Å². The molecule has 2 atom stereocenters. The lowest BCUT2D eigenvalue weighted by molar-refractivity contribution is -0.127. The molecule has 4 nitrogen and oxygen atoms in total. The molecule has 0 spiro atoms. The number of likely N-dealkylation sites (tertiary alicyclic amines) is 1. The first-order valence-electron chi connectivity index (χ1n) is 6.75. The zero-order valence-corrected chi connectivity index (χ0v) is 11.7. The van der Waals surface area contributed by atoms with Gasteiger partial charge in [0, 0.05) is 32.3 Å². The van der Waals surface area contributed by atoms with Crippen molar-refractivity contribution in [3.05, 3.63) is 23.6 Å². The zero-order chi connectivity index (χ0) is 14.3. The van der Waals surface area contributed by atoms with Gasteiger partial charge in [0.1, 0.15) is 12.2 Å². The van der Waals surface area contributed by atoms with Gasteiger partial charge in [-0.25, -0.2) is 11.0 Å². The van der Waals surface area contributed by atoms with Crippen LogP contribution in [0.2, 0.25) is 0 Å². The Morgan fingerprint density at radius 2 is 2.42 bits per heavy atom. The number of carbonyl (C=O) groups excluding carboxylic acids is 1. The Kier molecular flexibility index (Phi) is 6.51. The Labute approximate surface area is 114 Å². The number of alkyl halides is 1. The van der Waals surface area contributed by atoms with Crippen molar-refractivity contribution >= 4 is 5.91 Å². The molecule has 0 aromatic heterocycles. The van der Waals surface area contributed by atoms with Gasteiger partial charge in [0.15, 0.2) is 0 Å². The lowest BCUT2D eigenvalue weighted by Crippen LogP contribution is -2.39. The van der Waals surface area contributed by atoms with Crippen molar-refractivity contribution in [1.82, 2.24) is 9.80 Å². The van der Waals surface area contributed by atoms with Crippen LogP contribution in [0.5, 0.6) is 0 Å². The molecule has 106 valence electrons. The lowest BCUT2D eigenvalue weighted by atomic mass is 10.2. The van der Waals surface area contributed by atoms with Gasteiger partial charge >= 0.3 is 0 Å². The Balaban J connectivity index is 2.41. The van der Waals surface area contributed by atoms with Crippen molar-refractivity contribution in [1.29, 1.82) is 0 Å². The monoisotopic (exact) mass is 267 g/mol. The second-order valence-corrected chi connectivity index (χ2v) is 4.86. The van der Waals surface area contributed by atoms with Crippen LogP contribution in [0.15, 0.2) is 12.2 Å². The van der Waals surface area contributed by atoms with Gasteiger partial charge in [-0.05, 0) is 20.3 Å². The van der Waals surface area contributed by atoms with Crippen molar-refractivity contribution < 1.29 is 9.18 Å². The Hall–Kier alpha value is -1.41. The molecule has 1 saturated heterocycles. The number of halogens is 1. The van der Waals surface area contributed by atoms with Gasteiger partial charge in [-0.3, -0.25) is 9.69 Å². The molecule has 0 aromatic carbocycles. The topological polar surface area (TPSA) is 27.9 Å². The summed E-state index contributed by atoms with van der Waals surface area (Å²) in [6.45, 7) is 13.4. The summed E-state index contributed by atoms with van der Waals surface area (Å²) in [5.74, 6) is -0.0744. The van der Waals surface area contributed by atoms with Gasteiger partial charge in [0.05, 0.1) is 0 Å². The van der Waals surface area contributed by atoms with E-state index in [0.29, 0.717) is 32.6 Å². The van der Waals surface area contributed by atoms with Crippen LogP contribution in [-0.2, 0) is 4.79 Å². The molecule has 1 heterocycles. The summed E-state index contributed by atoms with van der Waals surface area (Å²) in [6, 6.07) is -0.0679. The maximum absolute atomic E-state index is 13.0. The van der Waals surface area contributed by atoms with E-state index >= 15 is 0 Å². The van der Waals surface area contributed by atoms with Crippen molar-refractivity contribution in [3.8, 4) is 0 Å². The van der Waals surface area contributed by atoms with Crippen LogP contribution in [0.3, 0.4) is 0 Å². The SMILES string of the molecule is [C-]#[N+]C[C@@H](C)N(CC)C(=O)/C=C/CN1CCC(F)C1. The van der Waals surface area contributed by atoms with E-state index < -0.39 is 6.17 Å². The lowest BCUT2D eigenvalue weighted by Gasteiger charge is -2.23. The number of rotatable bonds is 6. The third-order valence-corrected chi connectivity index (χ3v) is 3.35. The van der Waals surface area contributed by atoms with Gasteiger partial charge in [-0.2, -0.15) is 0 Å². The third-order valence-electron chi connectivity index (χ3n) is 3.35. The van der Waals surface area contributed by atoms with Gasteiger partial charge in [0.2, 0.25) is 12.5 Å². The summed E-state index contributed by atoms with van der Waals surface area (Å²) in [4.78, 5) is 19.0. The first kappa shape index (κ1) is 15.6. The van der Waals surface area contributed by atoms with Gasteiger partial charge in [0.25, 0.3) is 0 Å². The van der Waals surface area contributed by atoms with Crippen LogP contribution < -0.4 is 0 Å². The van der Waals surface area contributed by atoms with E-state index in [2.05, 4.69) is 4.85 Å². The average Bonchev–Trinajstić information content (AvgIpc) is 2.76. The highest BCUT2D eigenvalue weighted by Gasteiger charge is 2.21. The van der Waals surface area contributed by atoms with Crippen molar-refractivity contribution in [3.63, 3.8) is 0 Å². The molecule has 19 heavy (non-hydrogen) atoms. The summed E-state index contributed by atoms with van der Waals surface area (Å²) in [7, 11) is 0. The Morgan fingerprint density at radius 1 is 1.68 bits per heavy atom. The molecule has 0 bridgehead atoms. The minimum Gasteiger partial charge on any atom is -0.329 e. The summed E-state index contributed by atoms with van der Waals surface area (Å²) in [5.41, 5.74) is 0. The number of nitrogens with zero attached hydrogens (tertiary/aromatic N) is 3. The highest BCUT2D eigenvalue weighted by atomic mass is 19.1. The predicted molar refractivity (Wildman–Crippen MR) is 73.4 cm³/mol. The van der Waals surface area contributed by atoms with E-state index in [9.17, 15) is 9.18 Å². The minimum atomic E-state index is -0.727. The molecule has 0 N–H and O–H groups in total. The molecule has 0 radical (unpaired) electrons. The van der Waals surface area contributed by atoms with E-state index in [1.807, 2.05) is 18.7 Å². The predicted octanol–water partition coefficient (Wildman–Crippen LogP) is 1.74. The molecular weight excluding hydrogens is 245 g/mol. The molecule has 1 unspecified atom stereocenters. The Morgan fingerprint density at radius 3 is 2.95 bits per heavy atom. The fraction of sp³-hybridized carbons (Fsp3) is 0.714. The van der Waals surface area contributed by atoms with Crippen LogP contribution in [0.4, 0.5) is 4.39 Å². The number of carbonyl (C=O) groups is 1. The smallest absolute Gasteiger partial charge is 0.246 e. The van der Waals surface area contributed by atoms with Crippen LogP contribution in [0.25, 0.3) is 4.85 Å². The van der Waals surface area contributed by atoms with Crippen molar-refractivity contribution in [2.45, 2.75) is 32.5 Å². The molecule has 5 heteroatoms. The first-order chi connectivity index (χ1) is 9.08. The number of amides is 1. The maximum Gasteiger partial charge on any atom is 0.246 e. The van der Waals surface area contributed by atoms with Crippen LogP contribution in [-0.4, -0.2) is 60.6 Å². The summed E-state index contributed by atoms with van der Waals surface area (Å²) in [6.07, 6.45) is 3.18. The largest absolute Gasteiger partial charge is 0.329 e. The van der Waals surface area contributed by atoms with Crippen molar-refractivity contribution in [2.24, 2.45) is 0 Å². The molecule has 0 saturated carbocycles. The second kappa shape index (κ2) is 7.90. The molecule has 1 fully saturated rings.